The van der Waals surface area contributed by atoms with Crippen LogP contribution >= 0.6 is 0 Å². The predicted octanol–water partition coefficient (Wildman–Crippen LogP) is 2.30. The number of benzene rings is 1. The Hall–Kier alpha value is -1.00. The summed E-state index contributed by atoms with van der Waals surface area (Å²) in [5, 5.41) is 0. The number of nitrogens with zero attached hydrogens (tertiary/aromatic N) is 1. The lowest BCUT2D eigenvalue weighted by atomic mass is 10.0. The lowest BCUT2D eigenvalue weighted by molar-refractivity contribution is 0.196. The molecule has 0 radical (unpaired) electrons. The summed E-state index contributed by atoms with van der Waals surface area (Å²) in [7, 11) is 1.85. The number of hydrogen-bond acceptors (Lipinski definition) is 2. The molecule has 0 aliphatic rings. The average Bonchev–Trinajstić information content (AvgIpc) is 2.24. The Balaban J connectivity index is 3.09. The Kier molecular flexibility index (Phi) is 4.38. The minimum atomic E-state index is -0.826. The smallest absolute Gasteiger partial charge is 0.163 e. The zero-order valence-electron chi connectivity index (χ0n) is 9.87. The van der Waals surface area contributed by atoms with Gasteiger partial charge >= 0.3 is 0 Å². The standard InChI is InChI=1S/C12H18F2N2/c1-8(2)16(3)11(7-15)9-5-4-6-10(13)12(9)14/h4-6,8,11H,7,15H2,1-3H3. The van der Waals surface area contributed by atoms with Gasteiger partial charge in [0.05, 0.1) is 0 Å². The summed E-state index contributed by atoms with van der Waals surface area (Å²) in [6.45, 7) is 4.23. The molecule has 2 N–H and O–H groups in total. The van der Waals surface area contributed by atoms with E-state index in [-0.39, 0.29) is 18.6 Å². The third-order valence-corrected chi connectivity index (χ3v) is 2.87. The summed E-state index contributed by atoms with van der Waals surface area (Å²) in [6.07, 6.45) is 0. The first-order valence-electron chi connectivity index (χ1n) is 5.35. The van der Waals surface area contributed by atoms with Gasteiger partial charge in [0.25, 0.3) is 0 Å². The van der Waals surface area contributed by atoms with E-state index in [4.69, 9.17) is 5.73 Å². The minimum absolute atomic E-state index is 0.219. The van der Waals surface area contributed by atoms with Crippen molar-refractivity contribution < 1.29 is 8.78 Å². The van der Waals surface area contributed by atoms with Crippen molar-refractivity contribution in [3.05, 3.63) is 35.4 Å². The van der Waals surface area contributed by atoms with Crippen LogP contribution in [0.4, 0.5) is 8.78 Å². The van der Waals surface area contributed by atoms with Crippen molar-refractivity contribution in [3.63, 3.8) is 0 Å². The topological polar surface area (TPSA) is 29.3 Å². The Morgan fingerprint density at radius 2 is 1.94 bits per heavy atom. The highest BCUT2D eigenvalue weighted by Gasteiger charge is 2.22. The molecule has 0 heterocycles. The molecular weight excluding hydrogens is 210 g/mol. The third-order valence-electron chi connectivity index (χ3n) is 2.87. The molecule has 2 nitrogen and oxygen atoms in total. The normalized spacial score (nSPS) is 13.5. The van der Waals surface area contributed by atoms with Crippen molar-refractivity contribution in [1.29, 1.82) is 0 Å². The van der Waals surface area contributed by atoms with Gasteiger partial charge in [-0.15, -0.1) is 0 Å². The molecule has 0 fully saturated rings. The first-order chi connectivity index (χ1) is 7.49. The summed E-state index contributed by atoms with van der Waals surface area (Å²) < 4.78 is 26.7. The largest absolute Gasteiger partial charge is 0.329 e. The van der Waals surface area contributed by atoms with E-state index in [9.17, 15) is 8.78 Å². The number of likely N-dealkylation sites (N-methyl/N-ethyl adjacent to an activating group) is 1. The predicted molar refractivity (Wildman–Crippen MR) is 61.1 cm³/mol. The van der Waals surface area contributed by atoms with Gasteiger partial charge in [0.1, 0.15) is 0 Å². The summed E-state index contributed by atoms with van der Waals surface area (Å²) in [5.41, 5.74) is 5.95. The molecule has 1 aromatic rings. The molecule has 0 aliphatic carbocycles. The molecule has 1 atom stereocenters. The maximum absolute atomic E-state index is 13.6. The van der Waals surface area contributed by atoms with Crippen LogP contribution in [0.3, 0.4) is 0 Å². The van der Waals surface area contributed by atoms with Crippen LogP contribution in [-0.2, 0) is 0 Å². The van der Waals surface area contributed by atoms with Gasteiger partial charge in [0.2, 0.25) is 0 Å². The van der Waals surface area contributed by atoms with Gasteiger partial charge in [-0.1, -0.05) is 12.1 Å². The van der Waals surface area contributed by atoms with Crippen LogP contribution < -0.4 is 5.73 Å². The first-order valence-corrected chi connectivity index (χ1v) is 5.35. The van der Waals surface area contributed by atoms with Gasteiger partial charge in [0.15, 0.2) is 11.6 Å². The zero-order valence-corrected chi connectivity index (χ0v) is 9.87. The lowest BCUT2D eigenvalue weighted by Crippen LogP contribution is -2.36. The number of nitrogens with two attached hydrogens (primary N) is 1. The van der Waals surface area contributed by atoms with E-state index in [1.165, 1.54) is 6.07 Å². The number of rotatable bonds is 4. The first kappa shape index (κ1) is 13.1. The van der Waals surface area contributed by atoms with Crippen molar-refractivity contribution in [2.24, 2.45) is 5.73 Å². The maximum Gasteiger partial charge on any atom is 0.163 e. The summed E-state index contributed by atoms with van der Waals surface area (Å²) >= 11 is 0. The monoisotopic (exact) mass is 228 g/mol. The third kappa shape index (κ3) is 2.57. The SMILES string of the molecule is CC(C)N(C)C(CN)c1cccc(F)c1F. The molecule has 90 valence electrons. The molecular formula is C12H18F2N2. The molecule has 4 heteroatoms. The molecule has 0 spiro atoms. The Labute approximate surface area is 95.1 Å². The molecule has 1 aromatic carbocycles. The molecule has 0 saturated heterocycles. The second-order valence-corrected chi connectivity index (χ2v) is 4.15. The van der Waals surface area contributed by atoms with E-state index < -0.39 is 11.6 Å². The van der Waals surface area contributed by atoms with E-state index in [1.807, 2.05) is 25.8 Å². The van der Waals surface area contributed by atoms with E-state index in [0.29, 0.717) is 5.56 Å². The average molecular weight is 228 g/mol. The van der Waals surface area contributed by atoms with Crippen LogP contribution in [0.1, 0.15) is 25.5 Å². The van der Waals surface area contributed by atoms with Crippen LogP contribution in [0.15, 0.2) is 18.2 Å². The molecule has 0 aromatic heterocycles. The Morgan fingerprint density at radius 3 is 2.44 bits per heavy atom. The quantitative estimate of drug-likeness (QED) is 0.856. The summed E-state index contributed by atoms with van der Waals surface area (Å²) in [6, 6.07) is 4.12. The molecule has 16 heavy (non-hydrogen) atoms. The molecule has 0 bridgehead atoms. The highest BCUT2D eigenvalue weighted by molar-refractivity contribution is 5.23. The highest BCUT2D eigenvalue weighted by atomic mass is 19.2. The molecule has 1 rings (SSSR count). The van der Waals surface area contributed by atoms with Gasteiger partial charge in [-0.25, -0.2) is 8.78 Å². The van der Waals surface area contributed by atoms with Gasteiger partial charge in [0, 0.05) is 24.2 Å². The molecule has 0 aliphatic heterocycles. The fraction of sp³-hybridized carbons (Fsp3) is 0.500. The van der Waals surface area contributed by atoms with E-state index in [2.05, 4.69) is 0 Å². The van der Waals surface area contributed by atoms with Crippen molar-refractivity contribution in [1.82, 2.24) is 4.90 Å². The van der Waals surface area contributed by atoms with Crippen LogP contribution in [-0.4, -0.2) is 24.5 Å². The van der Waals surface area contributed by atoms with Crippen molar-refractivity contribution in [2.45, 2.75) is 25.9 Å². The van der Waals surface area contributed by atoms with Gasteiger partial charge < -0.3 is 5.73 Å². The van der Waals surface area contributed by atoms with E-state index in [1.54, 1.807) is 6.07 Å². The van der Waals surface area contributed by atoms with Crippen LogP contribution in [0.25, 0.3) is 0 Å². The van der Waals surface area contributed by atoms with E-state index in [0.717, 1.165) is 6.07 Å². The molecule has 0 saturated carbocycles. The fourth-order valence-corrected chi connectivity index (χ4v) is 1.65. The van der Waals surface area contributed by atoms with Gasteiger partial charge in [-0.05, 0) is 27.0 Å². The van der Waals surface area contributed by atoms with Crippen LogP contribution in [0.2, 0.25) is 0 Å². The summed E-state index contributed by atoms with van der Waals surface area (Å²) in [5.74, 6) is -1.63. The van der Waals surface area contributed by atoms with Crippen LogP contribution in [0, 0.1) is 11.6 Å². The minimum Gasteiger partial charge on any atom is -0.329 e. The van der Waals surface area contributed by atoms with Crippen LogP contribution in [0.5, 0.6) is 0 Å². The maximum atomic E-state index is 13.6. The summed E-state index contributed by atoms with van der Waals surface area (Å²) in [4.78, 5) is 1.93. The molecule has 1 unspecified atom stereocenters. The van der Waals surface area contributed by atoms with Crippen molar-refractivity contribution in [3.8, 4) is 0 Å². The second-order valence-electron chi connectivity index (χ2n) is 4.15. The zero-order chi connectivity index (χ0) is 12.3. The highest BCUT2D eigenvalue weighted by Crippen LogP contribution is 2.24. The number of halogens is 2. The van der Waals surface area contributed by atoms with Crippen molar-refractivity contribution >= 4 is 0 Å². The van der Waals surface area contributed by atoms with Gasteiger partial charge in [-0.3, -0.25) is 4.90 Å². The Bertz CT molecular complexity index is 353. The molecule has 0 amide bonds. The number of hydrogen-bond donors (Lipinski definition) is 1. The van der Waals surface area contributed by atoms with Gasteiger partial charge in [-0.2, -0.15) is 0 Å². The van der Waals surface area contributed by atoms with Crippen molar-refractivity contribution in [2.75, 3.05) is 13.6 Å². The van der Waals surface area contributed by atoms with E-state index >= 15 is 0 Å². The second kappa shape index (κ2) is 5.37. The Morgan fingerprint density at radius 1 is 1.31 bits per heavy atom. The fourth-order valence-electron chi connectivity index (χ4n) is 1.65. The lowest BCUT2D eigenvalue weighted by Gasteiger charge is -2.30.